The number of rotatable bonds is 2. The van der Waals surface area contributed by atoms with E-state index in [-0.39, 0.29) is 10.8 Å². The highest BCUT2D eigenvalue weighted by molar-refractivity contribution is 6.30. The highest BCUT2D eigenvalue weighted by Crippen LogP contribution is 2.18. The van der Waals surface area contributed by atoms with Gasteiger partial charge in [-0.25, -0.2) is 9.37 Å². The second-order valence-electron chi connectivity index (χ2n) is 4.16. The molecule has 0 fully saturated rings. The largest absolute Gasteiger partial charge is 0.323 e. The van der Waals surface area contributed by atoms with Crippen molar-refractivity contribution in [3.05, 3.63) is 65.3 Å². The summed E-state index contributed by atoms with van der Waals surface area (Å²) in [6.45, 7) is 0. The molecule has 0 saturated carbocycles. The van der Waals surface area contributed by atoms with Crippen LogP contribution in [-0.2, 0) is 0 Å². The Morgan fingerprint density at radius 3 is 2.80 bits per heavy atom. The summed E-state index contributed by atoms with van der Waals surface area (Å²) < 4.78 is 15.4. The molecule has 6 heteroatoms. The third-order valence-electron chi connectivity index (χ3n) is 2.85. The van der Waals surface area contributed by atoms with E-state index in [1.54, 1.807) is 22.6 Å². The van der Waals surface area contributed by atoms with Crippen LogP contribution in [0.2, 0.25) is 5.02 Å². The number of carbonyl (C=O) groups excluding carboxylic acids is 1. The molecule has 3 heterocycles. The number of hydrogen-bond acceptors (Lipinski definition) is 2. The molecule has 0 atom stereocenters. The summed E-state index contributed by atoms with van der Waals surface area (Å²) in [6.07, 6.45) is 4.93. The topological polar surface area (TPSA) is 46.4 Å². The van der Waals surface area contributed by atoms with Gasteiger partial charge in [0.05, 0.1) is 16.1 Å². The van der Waals surface area contributed by atoms with Gasteiger partial charge < -0.3 is 9.72 Å². The predicted octanol–water partition coefficient (Wildman–Crippen LogP) is 3.38. The number of fused-ring (bicyclic) bond motifs is 1. The van der Waals surface area contributed by atoms with Crippen LogP contribution < -0.4 is 5.32 Å². The van der Waals surface area contributed by atoms with E-state index in [0.717, 1.165) is 11.6 Å². The molecule has 1 N–H and O–H groups in total. The standard InChI is InChI=1S/C14H9ClFN3O/c15-9-7-11(16)13(17-8-9)18-14(20)10-3-1-5-19-6-2-4-12(10)19/h1-8H,(H,17,18,20). The second-order valence-corrected chi connectivity index (χ2v) is 4.60. The van der Waals surface area contributed by atoms with Gasteiger partial charge in [-0.05, 0) is 30.3 Å². The summed E-state index contributed by atoms with van der Waals surface area (Å²) in [5, 5.41) is 2.61. The van der Waals surface area contributed by atoms with Crippen LogP contribution >= 0.6 is 11.6 Å². The van der Waals surface area contributed by atoms with Crippen molar-refractivity contribution in [1.29, 1.82) is 0 Å². The van der Waals surface area contributed by atoms with Gasteiger partial charge in [0.1, 0.15) is 0 Å². The minimum atomic E-state index is -0.673. The minimum Gasteiger partial charge on any atom is -0.323 e. The molecule has 0 aliphatic carbocycles. The number of amides is 1. The van der Waals surface area contributed by atoms with Crippen LogP contribution in [0.25, 0.3) is 5.52 Å². The fourth-order valence-electron chi connectivity index (χ4n) is 1.94. The Hall–Kier alpha value is -2.40. The van der Waals surface area contributed by atoms with Gasteiger partial charge in [-0.3, -0.25) is 4.79 Å². The van der Waals surface area contributed by atoms with Gasteiger partial charge >= 0.3 is 0 Å². The molecule has 100 valence electrons. The third-order valence-corrected chi connectivity index (χ3v) is 3.06. The molecule has 0 spiro atoms. The molecule has 0 bridgehead atoms. The van der Waals surface area contributed by atoms with Crippen LogP contribution in [-0.4, -0.2) is 15.3 Å². The normalized spacial score (nSPS) is 10.7. The van der Waals surface area contributed by atoms with Gasteiger partial charge in [-0.1, -0.05) is 11.6 Å². The zero-order chi connectivity index (χ0) is 14.1. The van der Waals surface area contributed by atoms with Gasteiger partial charge in [0.15, 0.2) is 11.6 Å². The fourth-order valence-corrected chi connectivity index (χ4v) is 2.09. The highest BCUT2D eigenvalue weighted by Gasteiger charge is 2.13. The summed E-state index contributed by atoms with van der Waals surface area (Å²) in [6, 6.07) is 8.14. The maximum Gasteiger partial charge on any atom is 0.259 e. The molecule has 1 amide bonds. The van der Waals surface area contributed by atoms with Crippen molar-refractivity contribution in [3.8, 4) is 0 Å². The van der Waals surface area contributed by atoms with Crippen LogP contribution in [0.1, 0.15) is 10.4 Å². The van der Waals surface area contributed by atoms with Crippen LogP contribution in [0.15, 0.2) is 48.9 Å². The SMILES string of the molecule is O=C(Nc1ncc(Cl)cc1F)c1cccn2cccc12. The van der Waals surface area contributed by atoms with E-state index in [9.17, 15) is 9.18 Å². The lowest BCUT2D eigenvalue weighted by molar-refractivity contribution is 0.102. The monoisotopic (exact) mass is 289 g/mol. The molecule has 4 nitrogen and oxygen atoms in total. The average Bonchev–Trinajstić information content (AvgIpc) is 2.90. The number of aromatic nitrogens is 2. The number of nitrogens with one attached hydrogen (secondary N) is 1. The lowest BCUT2D eigenvalue weighted by Gasteiger charge is -2.07. The smallest absolute Gasteiger partial charge is 0.259 e. The highest BCUT2D eigenvalue weighted by atomic mass is 35.5. The van der Waals surface area contributed by atoms with E-state index in [4.69, 9.17) is 11.6 Å². The molecule has 3 rings (SSSR count). The van der Waals surface area contributed by atoms with Crippen molar-refractivity contribution in [2.45, 2.75) is 0 Å². The Labute approximate surface area is 118 Å². The first-order valence-corrected chi connectivity index (χ1v) is 6.21. The second kappa shape index (κ2) is 4.94. The number of anilines is 1. The summed E-state index contributed by atoms with van der Waals surface area (Å²) in [5.41, 5.74) is 1.17. The van der Waals surface area contributed by atoms with Crippen molar-refractivity contribution in [2.75, 3.05) is 5.32 Å². The first-order valence-electron chi connectivity index (χ1n) is 5.83. The fraction of sp³-hybridized carbons (Fsp3) is 0. The molecular weight excluding hydrogens is 281 g/mol. The molecule has 0 unspecified atom stereocenters. The van der Waals surface area contributed by atoms with Crippen molar-refractivity contribution in [2.24, 2.45) is 0 Å². The van der Waals surface area contributed by atoms with Crippen molar-refractivity contribution in [1.82, 2.24) is 9.38 Å². The molecule has 0 aliphatic heterocycles. The molecular formula is C14H9ClFN3O. The van der Waals surface area contributed by atoms with Crippen molar-refractivity contribution >= 4 is 28.8 Å². The predicted molar refractivity (Wildman–Crippen MR) is 74.6 cm³/mol. The van der Waals surface area contributed by atoms with E-state index in [1.807, 2.05) is 18.5 Å². The number of carbonyl (C=O) groups is 1. The molecule has 20 heavy (non-hydrogen) atoms. The van der Waals surface area contributed by atoms with Crippen molar-refractivity contribution < 1.29 is 9.18 Å². The Bertz CT molecular complexity index is 800. The number of pyridine rings is 2. The van der Waals surface area contributed by atoms with Gasteiger partial charge in [-0.2, -0.15) is 0 Å². The van der Waals surface area contributed by atoms with Gasteiger partial charge in [0.25, 0.3) is 5.91 Å². The molecule has 3 aromatic rings. The summed E-state index contributed by atoms with van der Waals surface area (Å²) in [7, 11) is 0. The Morgan fingerprint density at radius 2 is 2.05 bits per heavy atom. The Kier molecular flexibility index (Phi) is 3.12. The van der Waals surface area contributed by atoms with E-state index < -0.39 is 11.7 Å². The first kappa shape index (κ1) is 12.6. The van der Waals surface area contributed by atoms with Gasteiger partial charge in [0, 0.05) is 18.6 Å². The summed E-state index contributed by atoms with van der Waals surface area (Å²) in [4.78, 5) is 16.0. The van der Waals surface area contributed by atoms with E-state index in [0.29, 0.717) is 5.56 Å². The lowest BCUT2D eigenvalue weighted by atomic mass is 10.2. The van der Waals surface area contributed by atoms with Crippen LogP contribution in [0, 0.1) is 5.82 Å². The zero-order valence-electron chi connectivity index (χ0n) is 10.2. The van der Waals surface area contributed by atoms with E-state index in [1.165, 1.54) is 6.20 Å². The molecule has 3 aromatic heterocycles. The molecule has 0 aromatic carbocycles. The van der Waals surface area contributed by atoms with E-state index >= 15 is 0 Å². The van der Waals surface area contributed by atoms with E-state index in [2.05, 4.69) is 10.3 Å². The quantitative estimate of drug-likeness (QED) is 0.786. The number of hydrogen-bond donors (Lipinski definition) is 1. The molecule has 0 aliphatic rings. The maximum atomic E-state index is 13.6. The van der Waals surface area contributed by atoms with Gasteiger partial charge in [-0.15, -0.1) is 0 Å². The van der Waals surface area contributed by atoms with Gasteiger partial charge in [0.2, 0.25) is 0 Å². The minimum absolute atomic E-state index is 0.145. The summed E-state index contributed by atoms with van der Waals surface area (Å²) >= 11 is 5.62. The van der Waals surface area contributed by atoms with Crippen LogP contribution in [0.5, 0.6) is 0 Å². The Balaban J connectivity index is 1.95. The van der Waals surface area contributed by atoms with Crippen molar-refractivity contribution in [3.63, 3.8) is 0 Å². The first-order chi connectivity index (χ1) is 9.65. The van der Waals surface area contributed by atoms with Crippen LogP contribution in [0.3, 0.4) is 0 Å². The maximum absolute atomic E-state index is 13.6. The average molecular weight is 290 g/mol. The Morgan fingerprint density at radius 1 is 1.30 bits per heavy atom. The zero-order valence-corrected chi connectivity index (χ0v) is 10.9. The molecule has 0 radical (unpaired) electrons. The third kappa shape index (κ3) is 2.23. The lowest BCUT2D eigenvalue weighted by Crippen LogP contribution is -2.15. The number of nitrogens with zero attached hydrogens (tertiary/aromatic N) is 2. The molecule has 0 saturated heterocycles. The van der Waals surface area contributed by atoms with Crippen LogP contribution in [0.4, 0.5) is 10.2 Å². The number of halogens is 2. The summed E-state index contributed by atoms with van der Waals surface area (Å²) in [5.74, 6) is -1.25.